The van der Waals surface area contributed by atoms with Crippen molar-refractivity contribution in [1.82, 2.24) is 19.9 Å². The van der Waals surface area contributed by atoms with Crippen LogP contribution in [0.15, 0.2) is 36.5 Å². The summed E-state index contributed by atoms with van der Waals surface area (Å²) in [5.74, 6) is -1.74. The van der Waals surface area contributed by atoms with Crippen molar-refractivity contribution in [2.45, 2.75) is 26.3 Å². The van der Waals surface area contributed by atoms with E-state index in [4.69, 9.17) is 0 Å². The minimum atomic E-state index is -0.875. The van der Waals surface area contributed by atoms with Crippen LogP contribution in [0.4, 0.5) is 8.78 Å². The Hall–Kier alpha value is -2.83. The minimum Gasteiger partial charge on any atom is -0.351 e. The molecule has 0 aliphatic carbocycles. The summed E-state index contributed by atoms with van der Waals surface area (Å²) in [6, 6.07) is 7.04. The lowest BCUT2D eigenvalue weighted by Crippen LogP contribution is -2.28. The van der Waals surface area contributed by atoms with Crippen LogP contribution in [0.2, 0.25) is 0 Å². The lowest BCUT2D eigenvalue weighted by molar-refractivity contribution is 0.0945. The van der Waals surface area contributed by atoms with Gasteiger partial charge in [-0.25, -0.2) is 18.7 Å². The van der Waals surface area contributed by atoms with E-state index in [0.717, 1.165) is 42.1 Å². The van der Waals surface area contributed by atoms with E-state index < -0.39 is 23.1 Å². The van der Waals surface area contributed by atoms with Gasteiger partial charge in [0, 0.05) is 25.7 Å². The predicted molar refractivity (Wildman–Crippen MR) is 90.2 cm³/mol. The van der Waals surface area contributed by atoms with Gasteiger partial charge in [-0.15, -0.1) is 0 Å². The van der Waals surface area contributed by atoms with E-state index in [1.165, 1.54) is 6.07 Å². The molecule has 5 nitrogen and oxygen atoms in total. The molecule has 3 rings (SSSR count). The number of amides is 1. The number of hydrogen-bond acceptors (Lipinski definition) is 3. The molecule has 1 aromatic carbocycles. The molecule has 0 fully saturated rings. The van der Waals surface area contributed by atoms with Crippen LogP contribution in [0.5, 0.6) is 0 Å². The topological polar surface area (TPSA) is 59.8 Å². The van der Waals surface area contributed by atoms with Crippen molar-refractivity contribution in [3.05, 3.63) is 59.6 Å². The van der Waals surface area contributed by atoms with Gasteiger partial charge in [-0.2, -0.15) is 0 Å². The van der Waals surface area contributed by atoms with Crippen LogP contribution in [-0.4, -0.2) is 27.0 Å². The molecule has 2 heterocycles. The highest BCUT2D eigenvalue weighted by Gasteiger charge is 2.17. The molecule has 0 unspecified atom stereocenters. The number of carbonyl (C=O) groups excluding carboxylic acids is 1. The molecular weight excluding hydrogens is 326 g/mol. The van der Waals surface area contributed by atoms with E-state index in [2.05, 4.69) is 22.2 Å². The normalized spacial score (nSPS) is 11.0. The molecule has 0 atom stereocenters. The maximum Gasteiger partial charge on any atom is 0.257 e. The summed E-state index contributed by atoms with van der Waals surface area (Å²) in [6.45, 7) is 3.04. The number of rotatable bonds is 6. The number of fused-ring (bicyclic) bond motifs is 1. The summed E-state index contributed by atoms with van der Waals surface area (Å²) in [4.78, 5) is 20.9. The highest BCUT2D eigenvalue weighted by atomic mass is 19.1. The zero-order chi connectivity index (χ0) is 17.8. The van der Waals surface area contributed by atoms with Gasteiger partial charge in [-0.3, -0.25) is 4.79 Å². The van der Waals surface area contributed by atoms with E-state index in [-0.39, 0.29) is 6.54 Å². The first kappa shape index (κ1) is 17.0. The second kappa shape index (κ2) is 7.38. The molecule has 0 saturated heterocycles. The van der Waals surface area contributed by atoms with Crippen molar-refractivity contribution in [3.8, 4) is 0 Å². The molecule has 130 valence electrons. The lowest BCUT2D eigenvalue weighted by atomic mass is 10.2. The van der Waals surface area contributed by atoms with Crippen LogP contribution in [-0.2, 0) is 13.0 Å². The highest BCUT2D eigenvalue weighted by molar-refractivity contribution is 5.94. The summed E-state index contributed by atoms with van der Waals surface area (Å²) in [5, 5.41) is 2.55. The van der Waals surface area contributed by atoms with Gasteiger partial charge in [0.25, 0.3) is 5.91 Å². The largest absolute Gasteiger partial charge is 0.351 e. The maximum absolute atomic E-state index is 13.6. The Balaban J connectivity index is 1.73. The second-order valence-corrected chi connectivity index (χ2v) is 5.63. The first-order chi connectivity index (χ1) is 12.1. The van der Waals surface area contributed by atoms with Gasteiger partial charge in [-0.05, 0) is 30.7 Å². The summed E-state index contributed by atoms with van der Waals surface area (Å²) < 4.78 is 29.3. The Labute approximate surface area is 143 Å². The van der Waals surface area contributed by atoms with Gasteiger partial charge in [0.05, 0.1) is 0 Å². The van der Waals surface area contributed by atoms with Crippen LogP contribution in [0.3, 0.4) is 0 Å². The van der Waals surface area contributed by atoms with Crippen molar-refractivity contribution in [2.24, 2.45) is 0 Å². The van der Waals surface area contributed by atoms with E-state index in [9.17, 15) is 13.6 Å². The Bertz CT molecular complexity index is 887. The summed E-state index contributed by atoms with van der Waals surface area (Å²) in [7, 11) is 0. The lowest BCUT2D eigenvalue weighted by Gasteiger charge is -2.09. The molecule has 25 heavy (non-hydrogen) atoms. The molecule has 0 aliphatic rings. The van der Waals surface area contributed by atoms with Crippen LogP contribution in [0.1, 0.15) is 29.5 Å². The fourth-order valence-corrected chi connectivity index (χ4v) is 2.75. The van der Waals surface area contributed by atoms with Gasteiger partial charge in [0.15, 0.2) is 5.65 Å². The molecule has 0 saturated carbocycles. The number of imidazole rings is 1. The average Bonchev–Trinajstić information content (AvgIpc) is 2.93. The smallest absolute Gasteiger partial charge is 0.257 e. The summed E-state index contributed by atoms with van der Waals surface area (Å²) >= 11 is 0. The van der Waals surface area contributed by atoms with Gasteiger partial charge in [-0.1, -0.05) is 13.0 Å². The minimum absolute atomic E-state index is 0.222. The summed E-state index contributed by atoms with van der Waals surface area (Å²) in [6.07, 6.45) is 3.07. The van der Waals surface area contributed by atoms with Gasteiger partial charge >= 0.3 is 0 Å². The molecule has 0 bridgehead atoms. The SMILES string of the molecule is CCCn1c(CCNC(=O)c2c(F)cccc2F)nc2cccnc21. The van der Waals surface area contributed by atoms with Crippen LogP contribution in [0, 0.1) is 11.6 Å². The van der Waals surface area contributed by atoms with Crippen molar-refractivity contribution in [1.29, 1.82) is 0 Å². The molecule has 1 N–H and O–H groups in total. The molecule has 7 heteroatoms. The number of hydrogen-bond donors (Lipinski definition) is 1. The van der Waals surface area contributed by atoms with Crippen molar-refractivity contribution < 1.29 is 13.6 Å². The first-order valence-electron chi connectivity index (χ1n) is 8.14. The first-order valence-corrected chi connectivity index (χ1v) is 8.14. The maximum atomic E-state index is 13.6. The van der Waals surface area contributed by atoms with Gasteiger partial charge in [0.2, 0.25) is 0 Å². The Morgan fingerprint density at radius 1 is 1.20 bits per heavy atom. The predicted octanol–water partition coefficient (Wildman–Crippen LogP) is 3.09. The van der Waals surface area contributed by atoms with E-state index in [1.807, 2.05) is 16.7 Å². The molecule has 1 amide bonds. The van der Waals surface area contributed by atoms with Crippen molar-refractivity contribution in [2.75, 3.05) is 6.54 Å². The average molecular weight is 344 g/mol. The van der Waals surface area contributed by atoms with E-state index >= 15 is 0 Å². The number of carbonyl (C=O) groups is 1. The zero-order valence-electron chi connectivity index (χ0n) is 13.8. The zero-order valence-corrected chi connectivity index (χ0v) is 13.8. The second-order valence-electron chi connectivity index (χ2n) is 5.63. The third-order valence-corrected chi connectivity index (χ3v) is 3.85. The van der Waals surface area contributed by atoms with Gasteiger partial charge < -0.3 is 9.88 Å². The standard InChI is InChI=1S/C18H18F2N4O/c1-2-11-24-15(23-14-7-4-9-21-17(14)24)8-10-22-18(25)16-12(19)5-3-6-13(16)20/h3-7,9H,2,8,10-11H2,1H3,(H,22,25). The van der Waals surface area contributed by atoms with Gasteiger partial charge in [0.1, 0.15) is 28.5 Å². The third kappa shape index (κ3) is 3.50. The van der Waals surface area contributed by atoms with E-state index in [1.54, 1.807) is 6.20 Å². The fourth-order valence-electron chi connectivity index (χ4n) is 2.75. The molecule has 3 aromatic rings. The number of aryl methyl sites for hydroxylation is 1. The third-order valence-electron chi connectivity index (χ3n) is 3.85. The van der Waals surface area contributed by atoms with Crippen LogP contribution < -0.4 is 5.32 Å². The number of aromatic nitrogens is 3. The molecule has 0 aliphatic heterocycles. The van der Waals surface area contributed by atoms with E-state index in [0.29, 0.717) is 6.42 Å². The molecule has 0 radical (unpaired) electrons. The highest BCUT2D eigenvalue weighted by Crippen LogP contribution is 2.15. The monoisotopic (exact) mass is 344 g/mol. The quantitative estimate of drug-likeness (QED) is 0.747. The van der Waals surface area contributed by atoms with Crippen LogP contribution >= 0.6 is 0 Å². The molecular formula is C18H18F2N4O. The summed E-state index contributed by atoms with van der Waals surface area (Å²) in [5.41, 5.74) is 1.02. The number of pyridine rings is 1. The van der Waals surface area contributed by atoms with Crippen molar-refractivity contribution in [3.63, 3.8) is 0 Å². The Morgan fingerprint density at radius 3 is 2.68 bits per heavy atom. The number of nitrogens with zero attached hydrogens (tertiary/aromatic N) is 3. The number of halogens is 2. The number of nitrogens with one attached hydrogen (secondary N) is 1. The molecule has 0 spiro atoms. The van der Waals surface area contributed by atoms with Crippen molar-refractivity contribution >= 4 is 17.1 Å². The molecule has 2 aromatic heterocycles. The van der Waals surface area contributed by atoms with Crippen LogP contribution in [0.25, 0.3) is 11.2 Å². The number of benzene rings is 1. The Morgan fingerprint density at radius 2 is 1.96 bits per heavy atom. The Kier molecular flexibility index (Phi) is 5.02. The fraction of sp³-hybridized carbons (Fsp3) is 0.278.